The molecule has 5 nitrogen and oxygen atoms in total. The zero-order valence-electron chi connectivity index (χ0n) is 15.5. The summed E-state index contributed by atoms with van der Waals surface area (Å²) in [6, 6.07) is 17.0. The minimum absolute atomic E-state index is 0.205. The molecule has 0 radical (unpaired) electrons. The number of hydrogen-bond acceptors (Lipinski definition) is 5. The lowest BCUT2D eigenvalue weighted by Crippen LogP contribution is -2.15. The molecule has 5 heteroatoms. The molecule has 3 aromatic rings. The summed E-state index contributed by atoms with van der Waals surface area (Å²) in [4.78, 5) is 28.9. The molecule has 28 heavy (non-hydrogen) atoms. The monoisotopic (exact) mass is 373 g/mol. The topological polar surface area (TPSA) is 65.5 Å². The van der Waals surface area contributed by atoms with E-state index in [9.17, 15) is 9.59 Å². The standard InChI is InChI=1S/C23H19NO4/c1-2-27-22-19(8-5-11-24-22)23(26)28-14-21(25)17-10-9-16-12-15-6-3-4-7-18(15)20(16)13-17/h3-11,13H,2,12,14H2,1H3. The van der Waals surface area contributed by atoms with E-state index in [0.29, 0.717) is 12.2 Å². The fourth-order valence-electron chi connectivity index (χ4n) is 3.39. The number of carbonyl (C=O) groups excluding carboxylic acids is 2. The first-order valence-electron chi connectivity index (χ1n) is 9.16. The zero-order valence-corrected chi connectivity index (χ0v) is 15.5. The Morgan fingerprint density at radius 3 is 2.68 bits per heavy atom. The van der Waals surface area contributed by atoms with Crippen LogP contribution in [-0.4, -0.2) is 30.0 Å². The summed E-state index contributed by atoms with van der Waals surface area (Å²) in [6.07, 6.45) is 2.41. The van der Waals surface area contributed by atoms with E-state index in [2.05, 4.69) is 17.1 Å². The van der Waals surface area contributed by atoms with Crippen LogP contribution in [0.3, 0.4) is 0 Å². The van der Waals surface area contributed by atoms with Crippen molar-refractivity contribution in [3.8, 4) is 17.0 Å². The number of Topliss-reactive ketones (excluding diaryl/α,β-unsaturated/α-hetero) is 1. The van der Waals surface area contributed by atoms with Gasteiger partial charge in [0.05, 0.1) is 6.61 Å². The fourth-order valence-corrected chi connectivity index (χ4v) is 3.39. The molecule has 0 bridgehead atoms. The first kappa shape index (κ1) is 17.9. The van der Waals surface area contributed by atoms with Crippen molar-refractivity contribution in [1.82, 2.24) is 4.98 Å². The lowest BCUT2D eigenvalue weighted by Gasteiger charge is -2.09. The Morgan fingerprint density at radius 2 is 1.82 bits per heavy atom. The van der Waals surface area contributed by atoms with Crippen molar-refractivity contribution in [2.45, 2.75) is 13.3 Å². The van der Waals surface area contributed by atoms with Crippen LogP contribution < -0.4 is 4.74 Å². The Bertz CT molecular complexity index is 1060. The van der Waals surface area contributed by atoms with E-state index in [1.54, 1.807) is 25.1 Å². The first-order chi connectivity index (χ1) is 13.7. The highest BCUT2D eigenvalue weighted by Gasteiger charge is 2.21. The predicted octanol–water partition coefficient (Wildman–Crippen LogP) is 4.09. The second kappa shape index (κ2) is 7.64. The molecule has 0 aliphatic heterocycles. The summed E-state index contributed by atoms with van der Waals surface area (Å²) >= 11 is 0. The van der Waals surface area contributed by atoms with Gasteiger partial charge >= 0.3 is 5.97 Å². The van der Waals surface area contributed by atoms with Gasteiger partial charge in [-0.1, -0.05) is 36.4 Å². The van der Waals surface area contributed by atoms with Crippen molar-refractivity contribution in [1.29, 1.82) is 0 Å². The number of rotatable bonds is 6. The van der Waals surface area contributed by atoms with E-state index in [1.165, 1.54) is 17.3 Å². The summed E-state index contributed by atoms with van der Waals surface area (Å²) in [5, 5.41) is 0. The molecule has 0 amide bonds. The molecule has 0 fully saturated rings. The van der Waals surface area contributed by atoms with Crippen LogP contribution >= 0.6 is 0 Å². The summed E-state index contributed by atoms with van der Waals surface area (Å²) in [6.45, 7) is 1.85. The van der Waals surface area contributed by atoms with Crippen LogP contribution in [-0.2, 0) is 11.2 Å². The fraction of sp³-hybridized carbons (Fsp3) is 0.174. The Morgan fingerprint density at radius 1 is 1.00 bits per heavy atom. The Kier molecular flexibility index (Phi) is 4.89. The van der Waals surface area contributed by atoms with Gasteiger partial charge in [0, 0.05) is 11.8 Å². The number of aromatic nitrogens is 1. The van der Waals surface area contributed by atoms with Gasteiger partial charge in [0.25, 0.3) is 0 Å². The first-order valence-corrected chi connectivity index (χ1v) is 9.16. The molecule has 4 rings (SSSR count). The maximum absolute atomic E-state index is 12.6. The number of pyridine rings is 1. The van der Waals surface area contributed by atoms with Gasteiger partial charge in [-0.2, -0.15) is 0 Å². The van der Waals surface area contributed by atoms with Crippen LogP contribution in [0.5, 0.6) is 5.88 Å². The molecule has 1 aliphatic carbocycles. The van der Waals surface area contributed by atoms with Crippen LogP contribution in [0.4, 0.5) is 0 Å². The number of hydrogen-bond donors (Lipinski definition) is 0. The zero-order chi connectivity index (χ0) is 19.5. The van der Waals surface area contributed by atoms with Crippen molar-refractivity contribution < 1.29 is 19.1 Å². The molecular formula is C23H19NO4. The molecule has 1 aromatic heterocycles. The van der Waals surface area contributed by atoms with E-state index in [-0.39, 0.29) is 23.8 Å². The lowest BCUT2D eigenvalue weighted by molar-refractivity contribution is 0.0470. The highest BCUT2D eigenvalue weighted by Crippen LogP contribution is 2.36. The van der Waals surface area contributed by atoms with E-state index >= 15 is 0 Å². The van der Waals surface area contributed by atoms with Crippen LogP contribution in [0.25, 0.3) is 11.1 Å². The summed E-state index contributed by atoms with van der Waals surface area (Å²) < 4.78 is 10.5. The quantitative estimate of drug-likeness (QED) is 0.376. The van der Waals surface area contributed by atoms with Gasteiger partial charge in [-0.25, -0.2) is 9.78 Å². The summed E-state index contributed by atoms with van der Waals surface area (Å²) in [5.74, 6) is -0.671. The summed E-state index contributed by atoms with van der Waals surface area (Å²) in [7, 11) is 0. The highest BCUT2D eigenvalue weighted by atomic mass is 16.5. The van der Waals surface area contributed by atoms with Gasteiger partial charge < -0.3 is 9.47 Å². The molecule has 1 aliphatic rings. The third kappa shape index (κ3) is 3.39. The maximum atomic E-state index is 12.6. The predicted molar refractivity (Wildman–Crippen MR) is 105 cm³/mol. The van der Waals surface area contributed by atoms with Crippen LogP contribution in [0.15, 0.2) is 60.8 Å². The van der Waals surface area contributed by atoms with E-state index in [1.807, 2.05) is 24.3 Å². The number of benzene rings is 2. The molecule has 1 heterocycles. The molecule has 0 N–H and O–H groups in total. The average molecular weight is 373 g/mol. The van der Waals surface area contributed by atoms with Crippen molar-refractivity contribution in [3.05, 3.63) is 83.0 Å². The molecule has 140 valence electrons. The van der Waals surface area contributed by atoms with Gasteiger partial charge in [0.2, 0.25) is 5.88 Å². The highest BCUT2D eigenvalue weighted by molar-refractivity contribution is 6.01. The normalized spacial score (nSPS) is 11.5. The number of esters is 1. The minimum Gasteiger partial charge on any atom is -0.477 e. The SMILES string of the molecule is CCOc1ncccc1C(=O)OCC(=O)c1ccc2c(c1)-c1ccccc1C2. The van der Waals surface area contributed by atoms with Gasteiger partial charge in [0.1, 0.15) is 5.56 Å². The number of ketones is 1. The van der Waals surface area contributed by atoms with Crippen LogP contribution in [0.1, 0.15) is 38.8 Å². The van der Waals surface area contributed by atoms with Gasteiger partial charge in [-0.3, -0.25) is 4.79 Å². The van der Waals surface area contributed by atoms with Gasteiger partial charge in [-0.05, 0) is 53.8 Å². The van der Waals surface area contributed by atoms with E-state index in [0.717, 1.165) is 17.5 Å². The van der Waals surface area contributed by atoms with E-state index in [4.69, 9.17) is 9.47 Å². The smallest absolute Gasteiger partial charge is 0.344 e. The molecule has 2 aromatic carbocycles. The van der Waals surface area contributed by atoms with Crippen molar-refractivity contribution in [2.24, 2.45) is 0 Å². The van der Waals surface area contributed by atoms with Gasteiger partial charge in [-0.15, -0.1) is 0 Å². The number of ether oxygens (including phenoxy) is 2. The lowest BCUT2D eigenvalue weighted by atomic mass is 10.0. The Hall–Kier alpha value is -3.47. The molecular weight excluding hydrogens is 354 g/mol. The number of fused-ring (bicyclic) bond motifs is 3. The molecule has 0 saturated heterocycles. The van der Waals surface area contributed by atoms with Crippen LogP contribution in [0.2, 0.25) is 0 Å². The minimum atomic E-state index is -0.628. The maximum Gasteiger partial charge on any atom is 0.344 e. The third-order valence-electron chi connectivity index (χ3n) is 4.73. The van der Waals surface area contributed by atoms with Gasteiger partial charge in [0.15, 0.2) is 12.4 Å². The summed E-state index contributed by atoms with van der Waals surface area (Å²) in [5.41, 5.74) is 5.42. The average Bonchev–Trinajstić information content (AvgIpc) is 3.10. The second-order valence-electron chi connectivity index (χ2n) is 6.49. The molecule has 0 spiro atoms. The molecule has 0 saturated carbocycles. The van der Waals surface area contributed by atoms with Crippen molar-refractivity contribution in [3.63, 3.8) is 0 Å². The molecule has 0 atom stereocenters. The Labute approximate surface area is 162 Å². The van der Waals surface area contributed by atoms with Crippen LogP contribution in [0, 0.1) is 0 Å². The number of nitrogens with zero attached hydrogens (tertiary/aromatic N) is 1. The third-order valence-corrected chi connectivity index (χ3v) is 4.73. The number of carbonyl (C=O) groups is 2. The molecule has 0 unspecified atom stereocenters. The van der Waals surface area contributed by atoms with Crippen molar-refractivity contribution >= 4 is 11.8 Å². The largest absolute Gasteiger partial charge is 0.477 e. The van der Waals surface area contributed by atoms with Crippen molar-refractivity contribution in [2.75, 3.05) is 13.2 Å². The second-order valence-corrected chi connectivity index (χ2v) is 6.49. The van der Waals surface area contributed by atoms with E-state index < -0.39 is 5.97 Å². The Balaban J connectivity index is 1.48.